The van der Waals surface area contributed by atoms with Gasteiger partial charge in [-0.1, -0.05) is 0 Å². The van der Waals surface area contributed by atoms with E-state index in [1.54, 1.807) is 6.92 Å². The van der Waals surface area contributed by atoms with E-state index >= 15 is 0 Å². The lowest BCUT2D eigenvalue weighted by atomic mass is 10.3. The molecular weight excluding hydrogens is 208 g/mol. The van der Waals surface area contributed by atoms with Gasteiger partial charge in [-0.05, 0) is 6.92 Å². The summed E-state index contributed by atoms with van der Waals surface area (Å²) in [5, 5.41) is 8.32. The number of nitrogens with one attached hydrogen (secondary N) is 3. The van der Waals surface area contributed by atoms with Gasteiger partial charge in [0.25, 0.3) is 0 Å². The Morgan fingerprint density at radius 1 is 1.19 bits per heavy atom. The first-order valence-corrected chi connectivity index (χ1v) is 5.73. The van der Waals surface area contributed by atoms with Crippen LogP contribution in [-0.2, 0) is 9.59 Å². The van der Waals surface area contributed by atoms with Gasteiger partial charge in [-0.2, -0.15) is 0 Å². The molecule has 92 valence electrons. The number of likely N-dealkylation sites (N-methyl/N-ethyl adjacent to an activating group) is 1. The Hall–Kier alpha value is -1.14. The maximum Gasteiger partial charge on any atom is 0.309 e. The third kappa shape index (κ3) is 4.59. The van der Waals surface area contributed by atoms with Crippen molar-refractivity contribution in [3.8, 4) is 0 Å². The molecule has 16 heavy (non-hydrogen) atoms. The van der Waals surface area contributed by atoms with Crippen molar-refractivity contribution in [2.45, 2.75) is 6.92 Å². The summed E-state index contributed by atoms with van der Waals surface area (Å²) in [6.45, 7) is 7.56. The average Bonchev–Trinajstić information content (AvgIpc) is 2.30. The Labute approximate surface area is 95.8 Å². The fraction of sp³-hybridized carbons (Fsp3) is 0.800. The molecular formula is C10H20N4O2. The van der Waals surface area contributed by atoms with Crippen molar-refractivity contribution < 1.29 is 9.59 Å². The van der Waals surface area contributed by atoms with Gasteiger partial charge in [-0.25, -0.2) is 0 Å². The first-order chi connectivity index (χ1) is 7.74. The minimum atomic E-state index is -0.553. The quantitative estimate of drug-likeness (QED) is 0.494. The molecule has 1 saturated heterocycles. The van der Waals surface area contributed by atoms with Crippen LogP contribution in [0.5, 0.6) is 0 Å². The highest BCUT2D eigenvalue weighted by Crippen LogP contribution is 1.89. The molecule has 0 saturated carbocycles. The van der Waals surface area contributed by atoms with E-state index in [4.69, 9.17) is 0 Å². The van der Waals surface area contributed by atoms with Crippen molar-refractivity contribution in [1.29, 1.82) is 0 Å². The van der Waals surface area contributed by atoms with Crippen molar-refractivity contribution in [2.24, 2.45) is 0 Å². The molecule has 1 heterocycles. The van der Waals surface area contributed by atoms with Crippen molar-refractivity contribution >= 4 is 11.8 Å². The molecule has 0 aromatic rings. The van der Waals surface area contributed by atoms with E-state index in [2.05, 4.69) is 20.9 Å². The normalized spacial score (nSPS) is 16.8. The molecule has 0 unspecified atom stereocenters. The minimum absolute atomic E-state index is 0.476. The second kappa shape index (κ2) is 7.19. The third-order valence-electron chi connectivity index (χ3n) is 2.47. The van der Waals surface area contributed by atoms with Gasteiger partial charge in [0, 0.05) is 45.8 Å². The maximum absolute atomic E-state index is 11.2. The Balaban J connectivity index is 2.09. The standard InChI is InChI=1S/C10H20N4O2/c1-2-12-9(15)10(16)13-5-8-14-6-3-11-4-7-14/h11H,2-8H2,1H3,(H,12,15)(H,13,16). The number of rotatable bonds is 4. The predicted molar refractivity (Wildman–Crippen MR) is 61.0 cm³/mol. The fourth-order valence-electron chi connectivity index (χ4n) is 1.58. The number of amides is 2. The van der Waals surface area contributed by atoms with Gasteiger partial charge >= 0.3 is 11.8 Å². The average molecular weight is 228 g/mol. The smallest absolute Gasteiger partial charge is 0.309 e. The summed E-state index contributed by atoms with van der Waals surface area (Å²) in [5.41, 5.74) is 0. The molecule has 0 bridgehead atoms. The number of hydrogen-bond donors (Lipinski definition) is 3. The zero-order valence-electron chi connectivity index (χ0n) is 9.71. The van der Waals surface area contributed by atoms with Crippen LogP contribution in [0.4, 0.5) is 0 Å². The molecule has 1 fully saturated rings. The Morgan fingerprint density at radius 2 is 1.81 bits per heavy atom. The van der Waals surface area contributed by atoms with Crippen LogP contribution < -0.4 is 16.0 Å². The summed E-state index contributed by atoms with van der Waals surface area (Å²) in [5.74, 6) is -1.10. The minimum Gasteiger partial charge on any atom is -0.348 e. The second-order valence-electron chi connectivity index (χ2n) is 3.71. The molecule has 0 spiro atoms. The van der Waals surface area contributed by atoms with E-state index in [0.29, 0.717) is 13.1 Å². The molecule has 2 amide bonds. The van der Waals surface area contributed by atoms with Gasteiger partial charge in [-0.15, -0.1) is 0 Å². The van der Waals surface area contributed by atoms with Gasteiger partial charge in [0.05, 0.1) is 0 Å². The van der Waals surface area contributed by atoms with Crippen LogP contribution in [0.1, 0.15) is 6.92 Å². The lowest BCUT2D eigenvalue weighted by molar-refractivity contribution is -0.139. The Kier molecular flexibility index (Phi) is 5.81. The number of hydrogen-bond acceptors (Lipinski definition) is 4. The van der Waals surface area contributed by atoms with Crippen LogP contribution in [0.15, 0.2) is 0 Å². The summed E-state index contributed by atoms with van der Waals surface area (Å²) >= 11 is 0. The van der Waals surface area contributed by atoms with Crippen LogP contribution in [0, 0.1) is 0 Å². The second-order valence-corrected chi connectivity index (χ2v) is 3.71. The molecule has 3 N–H and O–H groups in total. The van der Waals surface area contributed by atoms with Crippen molar-refractivity contribution in [3.05, 3.63) is 0 Å². The first kappa shape index (κ1) is 12.9. The van der Waals surface area contributed by atoms with Crippen LogP contribution >= 0.6 is 0 Å². The highest BCUT2D eigenvalue weighted by molar-refractivity contribution is 6.35. The molecule has 0 aromatic heterocycles. The maximum atomic E-state index is 11.2. The number of carbonyl (C=O) groups is 2. The van der Waals surface area contributed by atoms with Crippen LogP contribution in [0.25, 0.3) is 0 Å². The summed E-state index contributed by atoms with van der Waals surface area (Å²) < 4.78 is 0. The zero-order chi connectivity index (χ0) is 11.8. The molecule has 1 rings (SSSR count). The van der Waals surface area contributed by atoms with Crippen LogP contribution in [0.2, 0.25) is 0 Å². The van der Waals surface area contributed by atoms with Crippen molar-refractivity contribution in [1.82, 2.24) is 20.9 Å². The molecule has 0 aromatic carbocycles. The molecule has 1 aliphatic rings. The van der Waals surface area contributed by atoms with Gasteiger partial charge < -0.3 is 16.0 Å². The zero-order valence-corrected chi connectivity index (χ0v) is 9.71. The van der Waals surface area contributed by atoms with Crippen molar-refractivity contribution in [3.63, 3.8) is 0 Å². The topological polar surface area (TPSA) is 73.5 Å². The van der Waals surface area contributed by atoms with E-state index in [9.17, 15) is 9.59 Å². The van der Waals surface area contributed by atoms with E-state index in [-0.39, 0.29) is 0 Å². The summed E-state index contributed by atoms with van der Waals surface area (Å²) in [6.07, 6.45) is 0. The van der Waals surface area contributed by atoms with Gasteiger partial charge in [-0.3, -0.25) is 14.5 Å². The Bertz CT molecular complexity index is 239. The van der Waals surface area contributed by atoms with E-state index in [1.165, 1.54) is 0 Å². The predicted octanol–water partition coefficient (Wildman–Crippen LogP) is -1.86. The van der Waals surface area contributed by atoms with E-state index in [0.717, 1.165) is 32.7 Å². The first-order valence-electron chi connectivity index (χ1n) is 5.73. The van der Waals surface area contributed by atoms with Gasteiger partial charge in [0.1, 0.15) is 0 Å². The third-order valence-corrected chi connectivity index (χ3v) is 2.47. The summed E-state index contributed by atoms with van der Waals surface area (Å²) in [6, 6.07) is 0. The summed E-state index contributed by atoms with van der Waals surface area (Å²) in [4.78, 5) is 24.6. The highest BCUT2D eigenvalue weighted by Gasteiger charge is 2.13. The molecule has 6 nitrogen and oxygen atoms in total. The molecule has 6 heteroatoms. The molecule has 0 aliphatic carbocycles. The Morgan fingerprint density at radius 3 is 2.44 bits per heavy atom. The van der Waals surface area contributed by atoms with Gasteiger partial charge in [0.15, 0.2) is 0 Å². The largest absolute Gasteiger partial charge is 0.348 e. The van der Waals surface area contributed by atoms with E-state index < -0.39 is 11.8 Å². The van der Waals surface area contributed by atoms with Crippen LogP contribution in [-0.4, -0.2) is 62.5 Å². The fourth-order valence-corrected chi connectivity index (χ4v) is 1.58. The number of piperazine rings is 1. The SMILES string of the molecule is CCNC(=O)C(=O)NCCN1CCNCC1. The molecule has 1 aliphatic heterocycles. The lowest BCUT2D eigenvalue weighted by Crippen LogP contribution is -2.47. The molecule has 0 atom stereocenters. The van der Waals surface area contributed by atoms with E-state index in [1.807, 2.05) is 0 Å². The number of carbonyl (C=O) groups excluding carboxylic acids is 2. The molecule has 0 radical (unpaired) electrons. The van der Waals surface area contributed by atoms with Gasteiger partial charge in [0.2, 0.25) is 0 Å². The number of nitrogens with zero attached hydrogens (tertiary/aromatic N) is 1. The highest BCUT2D eigenvalue weighted by atomic mass is 16.2. The monoisotopic (exact) mass is 228 g/mol. The lowest BCUT2D eigenvalue weighted by Gasteiger charge is -2.26. The summed E-state index contributed by atoms with van der Waals surface area (Å²) in [7, 11) is 0. The van der Waals surface area contributed by atoms with Crippen LogP contribution in [0.3, 0.4) is 0 Å². The van der Waals surface area contributed by atoms with Crippen molar-refractivity contribution in [2.75, 3.05) is 45.8 Å².